The third-order valence-corrected chi connectivity index (χ3v) is 5.87. The molecule has 0 radical (unpaired) electrons. The Hall–Kier alpha value is -2.15. The van der Waals surface area contributed by atoms with E-state index in [0.29, 0.717) is 11.2 Å². The number of nitrogens with one attached hydrogen (secondary N) is 1. The van der Waals surface area contributed by atoms with Gasteiger partial charge in [-0.1, -0.05) is 48.0 Å². The number of halogens is 1. The summed E-state index contributed by atoms with van der Waals surface area (Å²) in [6, 6.07) is 14.9. The molecule has 1 aromatic heterocycles. The van der Waals surface area contributed by atoms with E-state index in [1.54, 1.807) is 0 Å². The van der Waals surface area contributed by atoms with E-state index in [0.717, 1.165) is 57.3 Å². The Morgan fingerprint density at radius 1 is 1.21 bits per heavy atom. The van der Waals surface area contributed by atoms with Crippen LogP contribution in [0.2, 0.25) is 5.15 Å². The van der Waals surface area contributed by atoms with Gasteiger partial charge in [0, 0.05) is 46.0 Å². The first kappa shape index (κ1) is 20.1. The third kappa shape index (κ3) is 5.07. The summed E-state index contributed by atoms with van der Waals surface area (Å²) in [7, 11) is 1.84. The summed E-state index contributed by atoms with van der Waals surface area (Å²) in [5, 5.41) is 4.02. The smallest absolute Gasteiger partial charge is 0.193 e. The maximum atomic E-state index is 6.09. The highest BCUT2D eigenvalue weighted by Crippen LogP contribution is 2.24. The SMILES string of the molecule is CN=C(NCCc1ccc(Cl)nc1)N1CC2OCCN(Cc3ccccc3)C2C1. The van der Waals surface area contributed by atoms with Crippen molar-refractivity contribution in [3.05, 3.63) is 64.9 Å². The summed E-state index contributed by atoms with van der Waals surface area (Å²) >= 11 is 5.86. The second kappa shape index (κ2) is 9.57. The van der Waals surface area contributed by atoms with E-state index in [1.165, 1.54) is 5.56 Å². The van der Waals surface area contributed by atoms with Gasteiger partial charge in [-0.2, -0.15) is 0 Å². The first-order chi connectivity index (χ1) is 14.2. The lowest BCUT2D eigenvalue weighted by atomic mass is 10.1. The van der Waals surface area contributed by atoms with Crippen LogP contribution in [-0.2, 0) is 17.7 Å². The van der Waals surface area contributed by atoms with Crippen molar-refractivity contribution >= 4 is 17.6 Å². The maximum Gasteiger partial charge on any atom is 0.193 e. The molecular formula is C22H28ClN5O. The molecule has 2 aromatic rings. The van der Waals surface area contributed by atoms with Gasteiger partial charge in [-0.25, -0.2) is 4.98 Å². The molecule has 29 heavy (non-hydrogen) atoms. The highest BCUT2D eigenvalue weighted by Gasteiger charge is 2.41. The number of aliphatic imine (C=N–C) groups is 1. The van der Waals surface area contributed by atoms with Crippen LogP contribution in [0, 0.1) is 0 Å². The molecule has 2 fully saturated rings. The largest absolute Gasteiger partial charge is 0.373 e. The Kier molecular flexibility index (Phi) is 6.64. The number of guanidine groups is 1. The number of hydrogen-bond donors (Lipinski definition) is 1. The third-order valence-electron chi connectivity index (χ3n) is 5.64. The molecule has 1 aromatic carbocycles. The molecule has 0 spiro atoms. The van der Waals surface area contributed by atoms with Crippen LogP contribution in [0.4, 0.5) is 0 Å². The molecule has 154 valence electrons. The number of pyridine rings is 1. The zero-order valence-electron chi connectivity index (χ0n) is 16.8. The molecule has 0 aliphatic carbocycles. The normalized spacial score (nSPS) is 22.6. The summed E-state index contributed by atoms with van der Waals surface area (Å²) in [5.74, 6) is 0.935. The first-order valence-electron chi connectivity index (χ1n) is 10.2. The minimum Gasteiger partial charge on any atom is -0.373 e. The number of nitrogens with zero attached hydrogens (tertiary/aromatic N) is 4. The second-order valence-electron chi connectivity index (χ2n) is 7.55. The zero-order valence-corrected chi connectivity index (χ0v) is 17.6. The van der Waals surface area contributed by atoms with Gasteiger partial charge in [0.05, 0.1) is 18.8 Å². The molecule has 0 saturated carbocycles. The van der Waals surface area contributed by atoms with Gasteiger partial charge in [0.1, 0.15) is 5.15 Å². The van der Waals surface area contributed by atoms with Gasteiger partial charge in [0.15, 0.2) is 5.96 Å². The van der Waals surface area contributed by atoms with Gasteiger partial charge in [-0.15, -0.1) is 0 Å². The molecule has 6 nitrogen and oxygen atoms in total. The molecular weight excluding hydrogens is 386 g/mol. The molecule has 3 heterocycles. The van der Waals surface area contributed by atoms with E-state index in [2.05, 4.69) is 55.4 Å². The van der Waals surface area contributed by atoms with E-state index in [4.69, 9.17) is 16.3 Å². The van der Waals surface area contributed by atoms with E-state index in [1.807, 2.05) is 25.4 Å². The summed E-state index contributed by atoms with van der Waals surface area (Å²) < 4.78 is 6.09. The molecule has 2 saturated heterocycles. The fourth-order valence-electron chi connectivity index (χ4n) is 4.15. The summed E-state index contributed by atoms with van der Waals surface area (Å²) in [5.41, 5.74) is 2.51. The molecule has 7 heteroatoms. The number of likely N-dealkylation sites (tertiary alicyclic amines) is 1. The van der Waals surface area contributed by atoms with Crippen LogP contribution in [0.25, 0.3) is 0 Å². The van der Waals surface area contributed by atoms with Crippen LogP contribution >= 0.6 is 11.6 Å². The lowest BCUT2D eigenvalue weighted by Gasteiger charge is -2.36. The van der Waals surface area contributed by atoms with Crippen LogP contribution in [-0.4, -0.2) is 72.7 Å². The van der Waals surface area contributed by atoms with Crippen molar-refractivity contribution in [2.45, 2.75) is 25.1 Å². The number of rotatable bonds is 5. The quantitative estimate of drug-likeness (QED) is 0.463. The topological polar surface area (TPSA) is 53.0 Å². The van der Waals surface area contributed by atoms with Crippen LogP contribution in [0.5, 0.6) is 0 Å². The van der Waals surface area contributed by atoms with E-state index < -0.39 is 0 Å². The van der Waals surface area contributed by atoms with Crippen molar-refractivity contribution in [3.8, 4) is 0 Å². The Morgan fingerprint density at radius 2 is 2.07 bits per heavy atom. The Labute approximate surface area is 177 Å². The first-order valence-corrected chi connectivity index (χ1v) is 10.6. The monoisotopic (exact) mass is 413 g/mol. The zero-order chi connectivity index (χ0) is 20.1. The number of hydrogen-bond acceptors (Lipinski definition) is 4. The van der Waals surface area contributed by atoms with Crippen molar-refractivity contribution in [2.75, 3.05) is 39.8 Å². The molecule has 2 aliphatic heterocycles. The maximum absolute atomic E-state index is 6.09. The highest BCUT2D eigenvalue weighted by molar-refractivity contribution is 6.29. The lowest BCUT2D eigenvalue weighted by molar-refractivity contribution is -0.0502. The fourth-order valence-corrected chi connectivity index (χ4v) is 4.26. The van der Waals surface area contributed by atoms with Crippen molar-refractivity contribution in [1.82, 2.24) is 20.1 Å². The van der Waals surface area contributed by atoms with Crippen LogP contribution < -0.4 is 5.32 Å². The molecule has 2 atom stereocenters. The van der Waals surface area contributed by atoms with Crippen molar-refractivity contribution in [1.29, 1.82) is 0 Å². The van der Waals surface area contributed by atoms with Crippen molar-refractivity contribution in [3.63, 3.8) is 0 Å². The van der Waals surface area contributed by atoms with Gasteiger partial charge in [0.25, 0.3) is 0 Å². The molecule has 2 aliphatic rings. The summed E-state index contributed by atoms with van der Waals surface area (Å²) in [6.45, 7) is 5.33. The number of aromatic nitrogens is 1. The van der Waals surface area contributed by atoms with Crippen molar-refractivity contribution in [2.24, 2.45) is 4.99 Å². The van der Waals surface area contributed by atoms with Gasteiger partial charge >= 0.3 is 0 Å². The molecule has 1 N–H and O–H groups in total. The second-order valence-corrected chi connectivity index (χ2v) is 7.94. The highest BCUT2D eigenvalue weighted by atomic mass is 35.5. The van der Waals surface area contributed by atoms with Crippen LogP contribution in [0.3, 0.4) is 0 Å². The van der Waals surface area contributed by atoms with Crippen molar-refractivity contribution < 1.29 is 4.74 Å². The Balaban J connectivity index is 1.33. The predicted molar refractivity (Wildman–Crippen MR) is 116 cm³/mol. The standard InChI is InChI=1S/C22H28ClN5O/c1-24-22(25-10-9-17-7-8-21(23)26-13-17)28-15-19-20(16-28)29-12-11-27(19)14-18-5-3-2-4-6-18/h2-8,13,19-20H,9-12,14-16H2,1H3,(H,24,25). The summed E-state index contributed by atoms with van der Waals surface area (Å²) in [6.07, 6.45) is 2.93. The number of benzene rings is 1. The van der Waals surface area contributed by atoms with Crippen LogP contribution in [0.1, 0.15) is 11.1 Å². The van der Waals surface area contributed by atoms with Gasteiger partial charge in [-0.3, -0.25) is 9.89 Å². The molecule has 0 bridgehead atoms. The molecule has 4 rings (SSSR count). The number of fused-ring (bicyclic) bond motifs is 1. The predicted octanol–water partition coefficient (Wildman–Crippen LogP) is 2.44. The molecule has 0 amide bonds. The van der Waals surface area contributed by atoms with E-state index in [9.17, 15) is 0 Å². The lowest BCUT2D eigenvalue weighted by Crippen LogP contribution is -2.50. The summed E-state index contributed by atoms with van der Waals surface area (Å²) in [4.78, 5) is 13.5. The fraction of sp³-hybridized carbons (Fsp3) is 0.455. The van der Waals surface area contributed by atoms with Gasteiger partial charge in [-0.05, 0) is 23.6 Å². The number of morpholine rings is 1. The molecule has 2 unspecified atom stereocenters. The van der Waals surface area contributed by atoms with Gasteiger partial charge in [0.2, 0.25) is 0 Å². The Bertz CT molecular complexity index is 814. The van der Waals surface area contributed by atoms with Crippen LogP contribution in [0.15, 0.2) is 53.7 Å². The average molecular weight is 414 g/mol. The minimum atomic E-state index is 0.228. The number of ether oxygens (including phenoxy) is 1. The van der Waals surface area contributed by atoms with E-state index >= 15 is 0 Å². The average Bonchev–Trinajstić information content (AvgIpc) is 3.18. The Morgan fingerprint density at radius 3 is 2.83 bits per heavy atom. The van der Waals surface area contributed by atoms with E-state index in [-0.39, 0.29) is 6.10 Å². The van der Waals surface area contributed by atoms with Gasteiger partial charge < -0.3 is 15.0 Å². The minimum absolute atomic E-state index is 0.228.